The van der Waals surface area contributed by atoms with Crippen LogP contribution in [0.2, 0.25) is 0 Å². The lowest BCUT2D eigenvalue weighted by molar-refractivity contribution is 0.461. The van der Waals surface area contributed by atoms with Crippen LogP contribution in [0.25, 0.3) is 21.5 Å². The van der Waals surface area contributed by atoms with Crippen LogP contribution in [0.4, 0.5) is 51.2 Å². The highest BCUT2D eigenvalue weighted by Gasteiger charge is 2.19. The number of anilines is 3. The fourth-order valence-electron chi connectivity index (χ4n) is 4.87. The predicted molar refractivity (Wildman–Crippen MR) is 184 cm³/mol. The Balaban J connectivity index is 1.28. The summed E-state index contributed by atoms with van der Waals surface area (Å²) in [6.45, 7) is 0. The monoisotopic (exact) mass is 709 g/mol. The molecule has 6 rings (SSSR count). The van der Waals surface area contributed by atoms with Gasteiger partial charge in [0.2, 0.25) is 0 Å². The lowest BCUT2D eigenvalue weighted by atomic mass is 10.1. The van der Waals surface area contributed by atoms with Crippen molar-refractivity contribution >= 4 is 93.0 Å². The molecule has 50 heavy (non-hydrogen) atoms. The standard InChI is InChI=1S/C32H25N9O7S2/c33-17-1-3-18(4-2-17)38-41-28-16-29(50(46,47)48)23-11-13-27(32(42)30(23)31(28)35)40-37-20-7-5-19(6-8-20)36-39-26-14-12-25(34)24-15-21(49(43,44)45)9-10-22(24)26/h1-16,42H,33-35H2,(H,43,44,45)(H,46,47,48)/p-2. The van der Waals surface area contributed by atoms with Gasteiger partial charge in [0, 0.05) is 27.5 Å². The molecule has 0 heterocycles. The molecule has 0 spiro atoms. The van der Waals surface area contributed by atoms with Crippen molar-refractivity contribution in [3.8, 4) is 5.75 Å². The molecule has 0 radical (unpaired) electrons. The maximum absolute atomic E-state index is 12.1. The molecular formula is C32H23N9O7S2-2. The highest BCUT2D eigenvalue weighted by Crippen LogP contribution is 2.45. The molecule has 0 saturated heterocycles. The Kier molecular flexibility index (Phi) is 8.68. The summed E-state index contributed by atoms with van der Waals surface area (Å²) >= 11 is 0. The van der Waals surface area contributed by atoms with E-state index in [0.29, 0.717) is 39.2 Å². The van der Waals surface area contributed by atoms with E-state index in [0.717, 1.165) is 6.07 Å². The Bertz CT molecular complexity index is 2630. The Morgan fingerprint density at radius 1 is 0.520 bits per heavy atom. The highest BCUT2D eigenvalue weighted by molar-refractivity contribution is 7.86. The number of nitrogens with two attached hydrogens (primary N) is 3. The van der Waals surface area contributed by atoms with Crippen molar-refractivity contribution in [2.75, 3.05) is 17.2 Å². The van der Waals surface area contributed by atoms with Crippen LogP contribution in [0.15, 0.2) is 138 Å². The number of azo groups is 3. The number of nitrogens with zero attached hydrogens (tertiary/aromatic N) is 6. The molecule has 0 aliphatic carbocycles. The summed E-state index contributed by atoms with van der Waals surface area (Å²) in [7, 11) is -9.71. The molecule has 16 nitrogen and oxygen atoms in total. The number of aromatic hydroxyl groups is 1. The van der Waals surface area contributed by atoms with Gasteiger partial charge < -0.3 is 31.4 Å². The summed E-state index contributed by atoms with van der Waals surface area (Å²) in [5.74, 6) is -0.542. The molecule has 7 N–H and O–H groups in total. The van der Waals surface area contributed by atoms with E-state index in [-0.39, 0.29) is 33.5 Å². The summed E-state index contributed by atoms with van der Waals surface area (Å²) < 4.78 is 70.7. The van der Waals surface area contributed by atoms with Gasteiger partial charge in [-0.2, -0.15) is 15.3 Å². The number of benzene rings is 6. The topological polar surface area (TPSA) is 287 Å². The normalized spacial score (nSPS) is 12.6. The largest absolute Gasteiger partial charge is 0.744 e. The Hall–Kier alpha value is -6.34. The van der Waals surface area contributed by atoms with Crippen LogP contribution in [0, 0.1) is 0 Å². The number of rotatable bonds is 8. The van der Waals surface area contributed by atoms with E-state index in [2.05, 4.69) is 30.7 Å². The number of nitrogen functional groups attached to an aromatic ring is 3. The van der Waals surface area contributed by atoms with Crippen molar-refractivity contribution in [1.29, 1.82) is 0 Å². The molecule has 0 bridgehead atoms. The zero-order valence-electron chi connectivity index (χ0n) is 25.4. The van der Waals surface area contributed by atoms with Crippen LogP contribution in [-0.2, 0) is 20.2 Å². The number of phenols is 1. The smallest absolute Gasteiger partial charge is 0.153 e. The first kappa shape index (κ1) is 33.6. The van der Waals surface area contributed by atoms with E-state index in [9.17, 15) is 31.0 Å². The number of hydrogen-bond donors (Lipinski definition) is 4. The molecule has 0 amide bonds. The first-order chi connectivity index (χ1) is 23.7. The van der Waals surface area contributed by atoms with Crippen LogP contribution in [0.5, 0.6) is 5.75 Å². The van der Waals surface area contributed by atoms with Crippen LogP contribution in [-0.4, -0.2) is 31.0 Å². The average molecular weight is 710 g/mol. The van der Waals surface area contributed by atoms with Crippen molar-refractivity contribution in [3.05, 3.63) is 97.1 Å². The number of phenolic OH excluding ortho intramolecular Hbond substituents is 1. The maximum Gasteiger partial charge on any atom is 0.153 e. The summed E-state index contributed by atoms with van der Waals surface area (Å²) in [5, 5.41) is 36.3. The highest BCUT2D eigenvalue weighted by atomic mass is 32.2. The Morgan fingerprint density at radius 3 is 1.62 bits per heavy atom. The lowest BCUT2D eigenvalue weighted by Crippen LogP contribution is -2.01. The third kappa shape index (κ3) is 6.93. The molecule has 252 valence electrons. The van der Waals surface area contributed by atoms with Crippen LogP contribution in [0.3, 0.4) is 0 Å². The fraction of sp³-hybridized carbons (Fsp3) is 0. The van der Waals surface area contributed by atoms with Gasteiger partial charge in [-0.1, -0.05) is 12.1 Å². The minimum absolute atomic E-state index is 0.0852. The zero-order valence-corrected chi connectivity index (χ0v) is 27.0. The van der Waals surface area contributed by atoms with E-state index < -0.39 is 35.8 Å². The first-order valence-electron chi connectivity index (χ1n) is 14.2. The van der Waals surface area contributed by atoms with Crippen molar-refractivity contribution < 1.29 is 31.0 Å². The van der Waals surface area contributed by atoms with Crippen LogP contribution < -0.4 is 17.2 Å². The van der Waals surface area contributed by atoms with E-state index in [1.54, 1.807) is 54.6 Å². The van der Waals surface area contributed by atoms with Crippen molar-refractivity contribution in [1.82, 2.24) is 0 Å². The second-order valence-electron chi connectivity index (χ2n) is 10.7. The second-order valence-corrected chi connectivity index (χ2v) is 13.4. The van der Waals surface area contributed by atoms with Gasteiger partial charge in [0.1, 0.15) is 31.6 Å². The molecule has 0 saturated carbocycles. The molecule has 0 unspecified atom stereocenters. The summed E-state index contributed by atoms with van der Waals surface area (Å²) in [4.78, 5) is -1.08. The van der Waals surface area contributed by atoms with Crippen LogP contribution in [0.1, 0.15) is 0 Å². The Morgan fingerprint density at radius 2 is 1.04 bits per heavy atom. The van der Waals surface area contributed by atoms with E-state index in [4.69, 9.17) is 17.2 Å². The van der Waals surface area contributed by atoms with Gasteiger partial charge in [-0.05, 0) is 84.9 Å². The first-order valence-corrected chi connectivity index (χ1v) is 17.0. The van der Waals surface area contributed by atoms with Gasteiger partial charge in [-0.25, -0.2) is 16.8 Å². The van der Waals surface area contributed by atoms with Gasteiger partial charge in [0.05, 0.1) is 43.6 Å². The van der Waals surface area contributed by atoms with E-state index in [1.807, 2.05) is 0 Å². The molecule has 0 atom stereocenters. The molecule has 0 aromatic heterocycles. The molecular weight excluding hydrogens is 687 g/mol. The molecule has 0 aliphatic heterocycles. The minimum Gasteiger partial charge on any atom is -0.744 e. The Labute approximate surface area is 283 Å². The maximum atomic E-state index is 12.1. The molecule has 0 aliphatic rings. The summed E-state index contributed by atoms with van der Waals surface area (Å²) in [6.07, 6.45) is 0. The van der Waals surface area contributed by atoms with Crippen molar-refractivity contribution in [3.63, 3.8) is 0 Å². The van der Waals surface area contributed by atoms with Gasteiger partial charge in [0.15, 0.2) is 5.75 Å². The molecule has 6 aromatic carbocycles. The number of hydrogen-bond acceptors (Lipinski definition) is 16. The quantitative estimate of drug-likeness (QED) is 0.0685. The van der Waals surface area contributed by atoms with Gasteiger partial charge in [-0.15, -0.1) is 15.3 Å². The predicted octanol–water partition coefficient (Wildman–Crippen LogP) is 7.50. The zero-order chi connectivity index (χ0) is 35.8. The molecule has 0 fully saturated rings. The summed E-state index contributed by atoms with van der Waals surface area (Å²) in [6, 6.07) is 23.0. The second kappa shape index (κ2) is 12.9. The fourth-order valence-corrected chi connectivity index (χ4v) is 6.07. The third-order valence-electron chi connectivity index (χ3n) is 7.35. The molecule has 18 heteroatoms. The minimum atomic E-state index is -5.03. The van der Waals surface area contributed by atoms with Crippen molar-refractivity contribution in [2.24, 2.45) is 30.7 Å². The van der Waals surface area contributed by atoms with Crippen LogP contribution >= 0.6 is 0 Å². The number of fused-ring (bicyclic) bond motifs is 2. The van der Waals surface area contributed by atoms with Gasteiger partial charge in [-0.3, -0.25) is 0 Å². The molecule has 6 aromatic rings. The summed E-state index contributed by atoms with van der Waals surface area (Å²) in [5.41, 5.74) is 19.8. The third-order valence-corrected chi connectivity index (χ3v) is 9.06. The van der Waals surface area contributed by atoms with Crippen molar-refractivity contribution in [2.45, 2.75) is 9.79 Å². The lowest BCUT2D eigenvalue weighted by Gasteiger charge is -2.15. The van der Waals surface area contributed by atoms with E-state index >= 15 is 0 Å². The van der Waals surface area contributed by atoms with E-state index in [1.165, 1.54) is 36.4 Å². The van der Waals surface area contributed by atoms with Gasteiger partial charge >= 0.3 is 0 Å². The average Bonchev–Trinajstić information content (AvgIpc) is 3.07. The van der Waals surface area contributed by atoms with Gasteiger partial charge in [0.25, 0.3) is 0 Å². The SMILES string of the molecule is Nc1ccc(N=Nc2cc(S(=O)(=O)[O-])c3ccc(N=Nc4ccc(N=Nc5ccc(N)c6cc(S(=O)(=O)[O-])ccc56)cc4)c(O)c3c2N)cc1.